The van der Waals surface area contributed by atoms with E-state index < -0.39 is 11.3 Å². The normalized spacial score (nSPS) is 26.7. The highest BCUT2D eigenvalue weighted by Gasteiger charge is 2.44. The highest BCUT2D eigenvalue weighted by Crippen LogP contribution is 2.36. The van der Waals surface area contributed by atoms with Gasteiger partial charge in [0.2, 0.25) is 5.91 Å². The molecule has 6 nitrogen and oxygen atoms in total. The van der Waals surface area contributed by atoms with Gasteiger partial charge in [0.1, 0.15) is 5.41 Å². The Morgan fingerprint density at radius 1 is 1.31 bits per heavy atom. The number of nitrogens with two attached hydrogens (primary N) is 1. The molecule has 3 aliphatic rings. The largest absolute Gasteiger partial charge is 0.387 e. The molecule has 140 valence electrons. The smallest absolute Gasteiger partial charge is 0.235 e. The number of amides is 1. The third-order valence-electron chi connectivity index (χ3n) is 5.47. The van der Waals surface area contributed by atoms with E-state index >= 15 is 0 Å². The van der Waals surface area contributed by atoms with Gasteiger partial charge >= 0.3 is 0 Å². The molecule has 0 bridgehead atoms. The van der Waals surface area contributed by atoms with Crippen molar-refractivity contribution in [1.29, 1.82) is 0 Å². The van der Waals surface area contributed by atoms with Gasteiger partial charge in [-0.15, -0.1) is 0 Å². The van der Waals surface area contributed by atoms with Crippen molar-refractivity contribution in [3.63, 3.8) is 0 Å². The molecule has 1 atom stereocenters. The fourth-order valence-corrected chi connectivity index (χ4v) is 3.76. The summed E-state index contributed by atoms with van der Waals surface area (Å²) in [6, 6.07) is 0. The van der Waals surface area contributed by atoms with Crippen molar-refractivity contribution in [2.45, 2.75) is 19.8 Å². The summed E-state index contributed by atoms with van der Waals surface area (Å²) in [4.78, 5) is 27.7. The molecule has 0 spiro atoms. The minimum atomic E-state index is -1.21. The van der Waals surface area contributed by atoms with Crippen LogP contribution in [0.4, 0.5) is 0 Å². The molecule has 0 aromatic rings. The van der Waals surface area contributed by atoms with Crippen LogP contribution in [0.5, 0.6) is 0 Å². The molecular formula is C20H28N4O2. The summed E-state index contributed by atoms with van der Waals surface area (Å²) in [7, 11) is 0. The highest BCUT2D eigenvalue weighted by atomic mass is 16.2. The molecule has 1 saturated heterocycles. The van der Waals surface area contributed by atoms with Gasteiger partial charge in [-0.1, -0.05) is 31.2 Å². The molecule has 26 heavy (non-hydrogen) atoms. The standard InChI is InChI=1S/C20H28N4O2/c1-2-20(19(21)26)6-5-16(12-15-4-3-7-23-13-15)17(18(20)25)14-24-10-8-22-9-11-24/h3-6,13,22-23H,2,7-12,14H2,1H3,(H2,21,26). The maximum Gasteiger partial charge on any atom is 0.235 e. The summed E-state index contributed by atoms with van der Waals surface area (Å²) in [5.41, 5.74) is 7.28. The maximum absolute atomic E-state index is 13.3. The summed E-state index contributed by atoms with van der Waals surface area (Å²) in [5, 5.41) is 6.53. The van der Waals surface area contributed by atoms with E-state index in [-0.39, 0.29) is 5.78 Å². The van der Waals surface area contributed by atoms with E-state index in [0.717, 1.165) is 49.4 Å². The Balaban J connectivity index is 1.92. The molecule has 2 heterocycles. The maximum atomic E-state index is 13.3. The molecule has 2 aliphatic heterocycles. The predicted octanol–water partition coefficient (Wildman–Crippen LogP) is 0.642. The third kappa shape index (κ3) is 3.66. The van der Waals surface area contributed by atoms with Gasteiger partial charge in [-0.05, 0) is 24.0 Å². The summed E-state index contributed by atoms with van der Waals surface area (Å²) < 4.78 is 0. The van der Waals surface area contributed by atoms with Gasteiger partial charge in [-0.25, -0.2) is 0 Å². The van der Waals surface area contributed by atoms with Crippen LogP contribution in [0.3, 0.4) is 0 Å². The first-order valence-electron chi connectivity index (χ1n) is 9.35. The molecule has 3 rings (SSSR count). The van der Waals surface area contributed by atoms with Crippen molar-refractivity contribution in [3.8, 4) is 0 Å². The van der Waals surface area contributed by atoms with Crippen molar-refractivity contribution in [3.05, 3.63) is 47.2 Å². The van der Waals surface area contributed by atoms with Crippen LogP contribution in [-0.4, -0.2) is 55.9 Å². The Morgan fingerprint density at radius 2 is 2.08 bits per heavy atom. The van der Waals surface area contributed by atoms with Crippen molar-refractivity contribution < 1.29 is 9.59 Å². The van der Waals surface area contributed by atoms with E-state index in [2.05, 4.69) is 27.7 Å². The fraction of sp³-hybridized carbons (Fsp3) is 0.500. The first-order chi connectivity index (χ1) is 12.6. The summed E-state index contributed by atoms with van der Waals surface area (Å²) in [6.07, 6.45) is 10.9. The minimum Gasteiger partial charge on any atom is -0.387 e. The summed E-state index contributed by atoms with van der Waals surface area (Å²) in [5.74, 6) is -0.687. The average molecular weight is 356 g/mol. The first kappa shape index (κ1) is 18.6. The van der Waals surface area contributed by atoms with Gasteiger partial charge in [0.25, 0.3) is 0 Å². The Hall–Kier alpha value is -2.18. The van der Waals surface area contributed by atoms with Crippen molar-refractivity contribution >= 4 is 11.7 Å². The second-order valence-corrected chi connectivity index (χ2v) is 7.09. The van der Waals surface area contributed by atoms with E-state index in [1.807, 2.05) is 19.2 Å². The number of dihydropyridines is 1. The number of nitrogens with zero attached hydrogens (tertiary/aromatic N) is 1. The van der Waals surface area contributed by atoms with Gasteiger partial charge in [0.05, 0.1) is 0 Å². The average Bonchev–Trinajstić information content (AvgIpc) is 2.66. The number of hydrogen-bond donors (Lipinski definition) is 3. The lowest BCUT2D eigenvalue weighted by molar-refractivity contribution is -0.135. The second-order valence-electron chi connectivity index (χ2n) is 7.09. The number of hydrogen-bond acceptors (Lipinski definition) is 5. The van der Waals surface area contributed by atoms with Gasteiger partial charge in [0, 0.05) is 51.0 Å². The molecule has 0 aromatic heterocycles. The number of piperazine rings is 1. The van der Waals surface area contributed by atoms with Crippen LogP contribution in [0.15, 0.2) is 47.2 Å². The van der Waals surface area contributed by atoms with Gasteiger partial charge in [-0.2, -0.15) is 0 Å². The molecule has 0 radical (unpaired) electrons. The van der Waals surface area contributed by atoms with Crippen molar-refractivity contribution in [2.24, 2.45) is 11.1 Å². The van der Waals surface area contributed by atoms with Crippen LogP contribution in [0.25, 0.3) is 0 Å². The summed E-state index contributed by atoms with van der Waals surface area (Å²) >= 11 is 0. The number of carbonyl (C=O) groups excluding carboxylic acids is 2. The number of nitrogens with one attached hydrogen (secondary N) is 2. The molecule has 1 fully saturated rings. The fourth-order valence-electron chi connectivity index (χ4n) is 3.76. The van der Waals surface area contributed by atoms with Crippen LogP contribution in [-0.2, 0) is 9.59 Å². The number of allylic oxidation sites excluding steroid dienone is 4. The number of Topliss-reactive ketones (excluding diaryl/α,β-unsaturated/α-hetero) is 1. The summed E-state index contributed by atoms with van der Waals surface area (Å²) in [6.45, 7) is 6.86. The van der Waals surface area contributed by atoms with Crippen LogP contribution in [0, 0.1) is 5.41 Å². The quantitative estimate of drug-likeness (QED) is 0.608. The van der Waals surface area contributed by atoms with Gasteiger partial charge < -0.3 is 16.4 Å². The van der Waals surface area contributed by atoms with Crippen LogP contribution in [0.1, 0.15) is 19.8 Å². The van der Waals surface area contributed by atoms with E-state index in [4.69, 9.17) is 5.73 Å². The number of carbonyl (C=O) groups is 2. The molecule has 0 aromatic carbocycles. The lowest BCUT2D eigenvalue weighted by Gasteiger charge is -2.34. The zero-order valence-electron chi connectivity index (χ0n) is 15.4. The number of ketones is 1. The van der Waals surface area contributed by atoms with Gasteiger partial charge in [-0.3, -0.25) is 14.5 Å². The molecule has 0 saturated carbocycles. The molecule has 1 aliphatic carbocycles. The zero-order valence-corrected chi connectivity index (χ0v) is 15.4. The number of rotatable bonds is 6. The Bertz CT molecular complexity index is 699. The second kappa shape index (κ2) is 8.01. The Labute approximate surface area is 154 Å². The predicted molar refractivity (Wildman–Crippen MR) is 102 cm³/mol. The molecule has 6 heteroatoms. The van der Waals surface area contributed by atoms with E-state index in [1.54, 1.807) is 6.08 Å². The molecule has 4 N–H and O–H groups in total. The van der Waals surface area contributed by atoms with E-state index in [0.29, 0.717) is 19.4 Å². The lowest BCUT2D eigenvalue weighted by Crippen LogP contribution is -2.49. The monoisotopic (exact) mass is 356 g/mol. The van der Waals surface area contributed by atoms with E-state index in [1.165, 1.54) is 0 Å². The topological polar surface area (TPSA) is 87.5 Å². The lowest BCUT2D eigenvalue weighted by atomic mass is 9.71. The molecule has 1 unspecified atom stereocenters. The van der Waals surface area contributed by atoms with Gasteiger partial charge in [0.15, 0.2) is 5.78 Å². The SMILES string of the molecule is CCC1(C(N)=O)C=CC(CC2=CNCC=C2)=C(CN2CCNCC2)C1=O. The third-order valence-corrected chi connectivity index (χ3v) is 5.47. The highest BCUT2D eigenvalue weighted by molar-refractivity contribution is 6.16. The zero-order chi connectivity index (χ0) is 18.6. The Morgan fingerprint density at radius 3 is 2.69 bits per heavy atom. The van der Waals surface area contributed by atoms with Crippen LogP contribution >= 0.6 is 0 Å². The van der Waals surface area contributed by atoms with E-state index in [9.17, 15) is 9.59 Å². The first-order valence-corrected chi connectivity index (χ1v) is 9.35. The minimum absolute atomic E-state index is 0.128. The van der Waals surface area contributed by atoms with Crippen LogP contribution < -0.4 is 16.4 Å². The number of primary amides is 1. The molecule has 1 amide bonds. The Kier molecular flexibility index (Phi) is 5.74. The van der Waals surface area contributed by atoms with Crippen LogP contribution in [0.2, 0.25) is 0 Å². The molecular weight excluding hydrogens is 328 g/mol. The van der Waals surface area contributed by atoms with Crippen molar-refractivity contribution in [1.82, 2.24) is 15.5 Å². The van der Waals surface area contributed by atoms with Crippen molar-refractivity contribution in [2.75, 3.05) is 39.3 Å².